The molecule has 0 aliphatic rings. The number of hydrogen-bond donors (Lipinski definition) is 2. The number of carbonyl (C=O) groups is 1. The average molecular weight is 278 g/mol. The first-order chi connectivity index (χ1) is 7.45. The molecule has 0 unspecified atom stereocenters. The molecule has 0 spiro atoms. The molecule has 0 bridgehead atoms. The van der Waals surface area contributed by atoms with Gasteiger partial charge in [-0.05, 0) is 20.3 Å². The molecule has 1 aromatic rings. The maximum Gasteiger partial charge on any atom is 0.224 e. The van der Waals surface area contributed by atoms with Crippen LogP contribution in [-0.4, -0.2) is 17.4 Å². The maximum atomic E-state index is 11.1. The van der Waals surface area contributed by atoms with E-state index < -0.39 is 5.41 Å². The summed E-state index contributed by atoms with van der Waals surface area (Å²) in [7, 11) is 0. The fourth-order valence-corrected chi connectivity index (χ4v) is 1.93. The first-order valence-electron chi connectivity index (χ1n) is 5.39. The largest absolute Gasteiger partial charge is 0.369 e. The van der Waals surface area contributed by atoms with Gasteiger partial charge in [0, 0.05) is 18.5 Å². The van der Waals surface area contributed by atoms with Crippen molar-refractivity contribution in [3.8, 4) is 0 Å². The molecule has 0 fully saturated rings. The van der Waals surface area contributed by atoms with Crippen molar-refractivity contribution in [2.75, 3.05) is 6.54 Å². The molecular formula is C11H20ClN3OS. The zero-order valence-electron chi connectivity index (χ0n) is 10.4. The second kappa shape index (κ2) is 6.93. The number of rotatable bonds is 6. The summed E-state index contributed by atoms with van der Waals surface area (Å²) < 4.78 is 0. The number of nitrogens with two attached hydrogens (primary N) is 1. The molecule has 98 valence electrons. The fraction of sp³-hybridized carbons (Fsp3) is 0.636. The van der Waals surface area contributed by atoms with Gasteiger partial charge in [0.2, 0.25) is 5.91 Å². The third-order valence-electron chi connectivity index (χ3n) is 2.44. The maximum absolute atomic E-state index is 11.1. The number of carbonyl (C=O) groups excluding carboxylic acids is 1. The van der Waals surface area contributed by atoms with Crippen LogP contribution in [0.25, 0.3) is 0 Å². The molecule has 1 rings (SSSR count). The Labute approximate surface area is 112 Å². The van der Waals surface area contributed by atoms with Crippen molar-refractivity contribution in [2.45, 2.75) is 33.7 Å². The van der Waals surface area contributed by atoms with Crippen molar-refractivity contribution in [2.24, 2.45) is 11.1 Å². The Morgan fingerprint density at radius 1 is 1.59 bits per heavy atom. The van der Waals surface area contributed by atoms with Crippen LogP contribution in [0.5, 0.6) is 0 Å². The second-order valence-electron chi connectivity index (χ2n) is 4.44. The lowest BCUT2D eigenvalue weighted by atomic mass is 9.93. The second-order valence-corrected chi connectivity index (χ2v) is 5.38. The molecular weight excluding hydrogens is 258 g/mol. The third-order valence-corrected chi connectivity index (χ3v) is 3.48. The van der Waals surface area contributed by atoms with Crippen molar-refractivity contribution in [1.82, 2.24) is 10.3 Å². The van der Waals surface area contributed by atoms with Gasteiger partial charge < -0.3 is 11.1 Å². The summed E-state index contributed by atoms with van der Waals surface area (Å²) in [6, 6.07) is 0. The number of primary amides is 1. The number of halogens is 1. The summed E-state index contributed by atoms with van der Waals surface area (Å²) >= 11 is 1.67. The standard InChI is InChI=1S/C11H19N3OS.ClH/c1-4-9-14-8(6-16-9)5-13-7-11(2,3)10(12)15;/h6,13H,4-5,7H2,1-3H3,(H2,12,15);1H. The van der Waals surface area contributed by atoms with E-state index in [0.717, 1.165) is 17.1 Å². The predicted molar refractivity (Wildman–Crippen MR) is 73.4 cm³/mol. The Hall–Kier alpha value is -0.650. The SMILES string of the molecule is CCc1nc(CNCC(C)(C)C(N)=O)cs1.Cl. The minimum Gasteiger partial charge on any atom is -0.369 e. The van der Waals surface area contributed by atoms with Gasteiger partial charge in [-0.25, -0.2) is 4.98 Å². The first-order valence-corrected chi connectivity index (χ1v) is 6.27. The molecule has 1 amide bonds. The monoisotopic (exact) mass is 277 g/mol. The van der Waals surface area contributed by atoms with Crippen LogP contribution >= 0.6 is 23.7 Å². The molecule has 4 nitrogen and oxygen atoms in total. The van der Waals surface area contributed by atoms with Crippen LogP contribution in [0.1, 0.15) is 31.5 Å². The number of aromatic nitrogens is 1. The van der Waals surface area contributed by atoms with E-state index in [1.54, 1.807) is 11.3 Å². The Morgan fingerprint density at radius 2 is 2.24 bits per heavy atom. The Kier molecular flexibility index (Phi) is 6.67. The fourth-order valence-electron chi connectivity index (χ4n) is 1.18. The average Bonchev–Trinajstić information content (AvgIpc) is 2.65. The molecule has 0 aliphatic carbocycles. The number of hydrogen-bond acceptors (Lipinski definition) is 4. The van der Waals surface area contributed by atoms with E-state index in [2.05, 4.69) is 17.2 Å². The van der Waals surface area contributed by atoms with E-state index in [0.29, 0.717) is 13.1 Å². The van der Waals surface area contributed by atoms with Gasteiger partial charge in [-0.2, -0.15) is 0 Å². The van der Waals surface area contributed by atoms with Gasteiger partial charge in [-0.1, -0.05) is 6.92 Å². The molecule has 0 aliphatic heterocycles. The topological polar surface area (TPSA) is 68.0 Å². The first kappa shape index (κ1) is 16.4. The molecule has 17 heavy (non-hydrogen) atoms. The van der Waals surface area contributed by atoms with Crippen molar-refractivity contribution in [1.29, 1.82) is 0 Å². The zero-order chi connectivity index (χ0) is 12.2. The highest BCUT2D eigenvalue weighted by Crippen LogP contribution is 2.13. The molecule has 6 heteroatoms. The summed E-state index contributed by atoms with van der Waals surface area (Å²) in [5.41, 5.74) is 5.80. The van der Waals surface area contributed by atoms with Crippen molar-refractivity contribution in [3.63, 3.8) is 0 Å². The van der Waals surface area contributed by atoms with Crippen LogP contribution in [0.15, 0.2) is 5.38 Å². The lowest BCUT2D eigenvalue weighted by Gasteiger charge is -2.20. The molecule has 1 heterocycles. The molecule has 0 radical (unpaired) electrons. The molecule has 0 aromatic carbocycles. The van der Waals surface area contributed by atoms with Crippen molar-refractivity contribution >= 4 is 29.7 Å². The molecule has 0 saturated heterocycles. The Bertz CT molecular complexity index is 365. The van der Waals surface area contributed by atoms with Gasteiger partial charge in [0.15, 0.2) is 0 Å². The van der Waals surface area contributed by atoms with Gasteiger partial charge in [0.05, 0.1) is 16.1 Å². The number of thiazole rings is 1. The summed E-state index contributed by atoms with van der Waals surface area (Å²) in [6.07, 6.45) is 0.970. The minimum absolute atomic E-state index is 0. The summed E-state index contributed by atoms with van der Waals surface area (Å²) in [5, 5.41) is 6.39. The van der Waals surface area contributed by atoms with Gasteiger partial charge in [0.25, 0.3) is 0 Å². The Balaban J connectivity index is 0.00000256. The van der Waals surface area contributed by atoms with Crippen LogP contribution in [0.3, 0.4) is 0 Å². The van der Waals surface area contributed by atoms with E-state index in [-0.39, 0.29) is 18.3 Å². The third kappa shape index (κ3) is 5.02. The minimum atomic E-state index is -0.510. The summed E-state index contributed by atoms with van der Waals surface area (Å²) in [4.78, 5) is 15.5. The molecule has 1 aromatic heterocycles. The molecule has 0 saturated carbocycles. The van der Waals surface area contributed by atoms with Crippen LogP contribution in [-0.2, 0) is 17.8 Å². The van der Waals surface area contributed by atoms with Crippen LogP contribution in [0, 0.1) is 5.41 Å². The van der Waals surface area contributed by atoms with E-state index in [1.165, 1.54) is 0 Å². The number of nitrogens with zero attached hydrogens (tertiary/aromatic N) is 1. The molecule has 3 N–H and O–H groups in total. The van der Waals surface area contributed by atoms with Gasteiger partial charge in [-0.15, -0.1) is 23.7 Å². The smallest absolute Gasteiger partial charge is 0.224 e. The van der Waals surface area contributed by atoms with Crippen LogP contribution in [0.4, 0.5) is 0 Å². The van der Waals surface area contributed by atoms with E-state index in [1.807, 2.05) is 19.2 Å². The predicted octanol–water partition coefficient (Wildman–Crippen LogP) is 1.73. The van der Waals surface area contributed by atoms with E-state index >= 15 is 0 Å². The molecule has 0 atom stereocenters. The van der Waals surface area contributed by atoms with E-state index in [4.69, 9.17) is 5.73 Å². The highest BCUT2D eigenvalue weighted by molar-refractivity contribution is 7.09. The lowest BCUT2D eigenvalue weighted by Crippen LogP contribution is -2.40. The van der Waals surface area contributed by atoms with Crippen molar-refractivity contribution in [3.05, 3.63) is 16.1 Å². The Morgan fingerprint density at radius 3 is 2.71 bits per heavy atom. The number of nitrogens with one attached hydrogen (secondary N) is 1. The van der Waals surface area contributed by atoms with Crippen LogP contribution < -0.4 is 11.1 Å². The van der Waals surface area contributed by atoms with Gasteiger partial charge in [-0.3, -0.25) is 4.79 Å². The van der Waals surface area contributed by atoms with Crippen molar-refractivity contribution < 1.29 is 4.79 Å². The summed E-state index contributed by atoms with van der Waals surface area (Å²) in [6.45, 7) is 7.02. The highest BCUT2D eigenvalue weighted by atomic mass is 35.5. The lowest BCUT2D eigenvalue weighted by molar-refractivity contribution is -0.125. The number of aryl methyl sites for hydroxylation is 1. The highest BCUT2D eigenvalue weighted by Gasteiger charge is 2.24. The normalized spacial score (nSPS) is 11.0. The zero-order valence-corrected chi connectivity index (χ0v) is 12.1. The quantitative estimate of drug-likeness (QED) is 0.832. The summed E-state index contributed by atoms with van der Waals surface area (Å²) in [5.74, 6) is -0.285. The van der Waals surface area contributed by atoms with E-state index in [9.17, 15) is 4.79 Å². The van der Waals surface area contributed by atoms with Gasteiger partial charge in [0.1, 0.15) is 0 Å². The van der Waals surface area contributed by atoms with Crippen LogP contribution in [0.2, 0.25) is 0 Å². The van der Waals surface area contributed by atoms with Gasteiger partial charge >= 0.3 is 0 Å². The number of amides is 1.